The van der Waals surface area contributed by atoms with Crippen molar-refractivity contribution in [2.45, 2.75) is 52.5 Å². The molecule has 3 N–H and O–H groups in total. The number of hydrogen-bond acceptors (Lipinski definition) is 2. The van der Waals surface area contributed by atoms with Crippen LogP contribution in [0.5, 0.6) is 0 Å². The first kappa shape index (κ1) is 18.0. The molecular formula is C17H26N2O3. The molecule has 0 aliphatic carbocycles. The first-order chi connectivity index (χ1) is 10.4. The largest absolute Gasteiger partial charge is 0.480 e. The van der Waals surface area contributed by atoms with Gasteiger partial charge in [0.05, 0.1) is 0 Å². The van der Waals surface area contributed by atoms with Crippen molar-refractivity contribution in [3.8, 4) is 0 Å². The Morgan fingerprint density at radius 2 is 1.82 bits per heavy atom. The first-order valence-corrected chi connectivity index (χ1v) is 7.81. The minimum atomic E-state index is -1.02. The van der Waals surface area contributed by atoms with E-state index in [4.69, 9.17) is 5.11 Å². The third kappa shape index (κ3) is 6.61. The number of aliphatic carboxylic acids is 1. The standard InChI is InChI=1S/C17H26N2O3/c1-4-5-6-13-7-9-14(10-8-13)18-17(22)19-15(16(20)21)11-12(2)3/h7-10,12,15H,4-6,11H2,1-3H3,(H,20,21)(H2,18,19,22)/t15-/m0/s1. The number of unbranched alkanes of at least 4 members (excludes halogenated alkanes) is 1. The Labute approximate surface area is 132 Å². The second-order valence-electron chi connectivity index (χ2n) is 5.92. The summed E-state index contributed by atoms with van der Waals surface area (Å²) < 4.78 is 0. The second kappa shape index (κ2) is 9.07. The SMILES string of the molecule is CCCCc1ccc(NC(=O)N[C@@H](CC(C)C)C(=O)O)cc1. The van der Waals surface area contributed by atoms with Crippen LogP contribution in [0.15, 0.2) is 24.3 Å². The predicted molar refractivity (Wildman–Crippen MR) is 88.1 cm³/mol. The number of carboxylic acid groups (broad SMARTS) is 1. The fourth-order valence-electron chi connectivity index (χ4n) is 2.15. The maximum Gasteiger partial charge on any atom is 0.326 e. The lowest BCUT2D eigenvalue weighted by Gasteiger charge is -2.17. The lowest BCUT2D eigenvalue weighted by Crippen LogP contribution is -2.43. The van der Waals surface area contributed by atoms with Crippen LogP contribution >= 0.6 is 0 Å². The molecule has 0 aliphatic heterocycles. The van der Waals surface area contributed by atoms with E-state index in [1.807, 2.05) is 38.1 Å². The van der Waals surface area contributed by atoms with Crippen LogP contribution in [-0.2, 0) is 11.2 Å². The topological polar surface area (TPSA) is 78.4 Å². The van der Waals surface area contributed by atoms with E-state index in [2.05, 4.69) is 17.6 Å². The molecule has 0 heterocycles. The smallest absolute Gasteiger partial charge is 0.326 e. The van der Waals surface area contributed by atoms with E-state index in [1.165, 1.54) is 5.56 Å². The number of hydrogen-bond donors (Lipinski definition) is 3. The number of amides is 2. The minimum absolute atomic E-state index is 0.194. The maximum atomic E-state index is 11.9. The number of aryl methyl sites for hydroxylation is 1. The molecule has 1 aromatic carbocycles. The summed E-state index contributed by atoms with van der Waals surface area (Å²) in [4.78, 5) is 23.0. The van der Waals surface area contributed by atoms with Crippen molar-refractivity contribution in [2.24, 2.45) is 5.92 Å². The van der Waals surface area contributed by atoms with E-state index in [9.17, 15) is 9.59 Å². The molecule has 0 bridgehead atoms. The summed E-state index contributed by atoms with van der Waals surface area (Å²) >= 11 is 0. The zero-order valence-electron chi connectivity index (χ0n) is 13.6. The third-order valence-corrected chi connectivity index (χ3v) is 3.34. The number of carboxylic acids is 1. The average molecular weight is 306 g/mol. The maximum absolute atomic E-state index is 11.9. The van der Waals surface area contributed by atoms with Gasteiger partial charge in [0.1, 0.15) is 6.04 Å². The highest BCUT2D eigenvalue weighted by atomic mass is 16.4. The van der Waals surface area contributed by atoms with Gasteiger partial charge in [0.15, 0.2) is 0 Å². The Morgan fingerprint density at radius 1 is 1.18 bits per heavy atom. The molecule has 5 nitrogen and oxygen atoms in total. The summed E-state index contributed by atoms with van der Waals surface area (Å²) in [6.45, 7) is 5.99. The highest BCUT2D eigenvalue weighted by Gasteiger charge is 2.20. The molecule has 0 saturated heterocycles. The van der Waals surface area contributed by atoms with E-state index in [0.29, 0.717) is 12.1 Å². The van der Waals surface area contributed by atoms with Crippen LogP contribution in [0.4, 0.5) is 10.5 Å². The van der Waals surface area contributed by atoms with Gasteiger partial charge in [-0.1, -0.05) is 39.3 Å². The Balaban J connectivity index is 2.54. The zero-order chi connectivity index (χ0) is 16.5. The summed E-state index contributed by atoms with van der Waals surface area (Å²) in [7, 11) is 0. The van der Waals surface area contributed by atoms with E-state index in [0.717, 1.165) is 19.3 Å². The molecule has 0 aromatic heterocycles. The molecular weight excluding hydrogens is 280 g/mol. The first-order valence-electron chi connectivity index (χ1n) is 7.81. The molecule has 0 saturated carbocycles. The van der Waals surface area contributed by atoms with Crippen LogP contribution in [0, 0.1) is 5.92 Å². The number of urea groups is 1. The fraction of sp³-hybridized carbons (Fsp3) is 0.529. The second-order valence-corrected chi connectivity index (χ2v) is 5.92. The molecule has 5 heteroatoms. The van der Waals surface area contributed by atoms with Gasteiger partial charge in [-0.3, -0.25) is 0 Å². The molecule has 1 rings (SSSR count). The normalized spacial score (nSPS) is 12.0. The highest BCUT2D eigenvalue weighted by Crippen LogP contribution is 2.12. The van der Waals surface area contributed by atoms with Crippen LogP contribution in [0.2, 0.25) is 0 Å². The molecule has 0 aliphatic rings. The third-order valence-electron chi connectivity index (χ3n) is 3.34. The van der Waals surface area contributed by atoms with Crippen molar-refractivity contribution in [1.82, 2.24) is 5.32 Å². The summed E-state index contributed by atoms with van der Waals surface area (Å²) in [6.07, 6.45) is 3.72. The van der Waals surface area contributed by atoms with E-state index < -0.39 is 18.0 Å². The Hall–Kier alpha value is -2.04. The predicted octanol–water partition coefficient (Wildman–Crippen LogP) is 3.65. The number of benzene rings is 1. The van der Waals surface area contributed by atoms with Gasteiger partial charge in [-0.15, -0.1) is 0 Å². The molecule has 22 heavy (non-hydrogen) atoms. The van der Waals surface area contributed by atoms with Gasteiger partial charge < -0.3 is 15.7 Å². The van der Waals surface area contributed by atoms with Gasteiger partial charge in [-0.05, 0) is 42.9 Å². The van der Waals surface area contributed by atoms with Gasteiger partial charge in [-0.25, -0.2) is 9.59 Å². The van der Waals surface area contributed by atoms with E-state index in [-0.39, 0.29) is 5.92 Å². The van der Waals surface area contributed by atoms with Gasteiger partial charge in [0.2, 0.25) is 0 Å². The van der Waals surface area contributed by atoms with Crippen molar-refractivity contribution in [1.29, 1.82) is 0 Å². The molecule has 0 radical (unpaired) electrons. The van der Waals surface area contributed by atoms with Crippen LogP contribution in [-0.4, -0.2) is 23.1 Å². The van der Waals surface area contributed by atoms with Crippen LogP contribution in [0.25, 0.3) is 0 Å². The molecule has 1 atom stereocenters. The van der Waals surface area contributed by atoms with Crippen molar-refractivity contribution in [3.63, 3.8) is 0 Å². The summed E-state index contributed by atoms with van der Waals surface area (Å²) in [6, 6.07) is 6.27. The fourth-order valence-corrected chi connectivity index (χ4v) is 2.15. The van der Waals surface area contributed by atoms with E-state index in [1.54, 1.807) is 0 Å². The van der Waals surface area contributed by atoms with Gasteiger partial charge >= 0.3 is 12.0 Å². The molecule has 0 spiro atoms. The lowest BCUT2D eigenvalue weighted by atomic mass is 10.0. The van der Waals surface area contributed by atoms with Crippen LogP contribution in [0.1, 0.15) is 45.6 Å². The minimum Gasteiger partial charge on any atom is -0.480 e. The molecule has 122 valence electrons. The van der Waals surface area contributed by atoms with E-state index >= 15 is 0 Å². The number of rotatable bonds is 8. The van der Waals surface area contributed by atoms with Crippen molar-refractivity contribution >= 4 is 17.7 Å². The quantitative estimate of drug-likeness (QED) is 0.686. The molecule has 1 aromatic rings. The molecule has 0 fully saturated rings. The van der Waals surface area contributed by atoms with Gasteiger partial charge in [-0.2, -0.15) is 0 Å². The lowest BCUT2D eigenvalue weighted by molar-refractivity contribution is -0.139. The van der Waals surface area contributed by atoms with Gasteiger partial charge in [0.25, 0.3) is 0 Å². The van der Waals surface area contributed by atoms with Crippen LogP contribution < -0.4 is 10.6 Å². The van der Waals surface area contributed by atoms with Crippen molar-refractivity contribution in [3.05, 3.63) is 29.8 Å². The molecule has 0 unspecified atom stereocenters. The summed E-state index contributed by atoms with van der Waals surface area (Å²) in [5, 5.41) is 14.3. The van der Waals surface area contributed by atoms with Crippen molar-refractivity contribution < 1.29 is 14.7 Å². The number of anilines is 1. The Kier molecular flexibility index (Phi) is 7.43. The van der Waals surface area contributed by atoms with Gasteiger partial charge in [0, 0.05) is 5.69 Å². The monoisotopic (exact) mass is 306 g/mol. The van der Waals surface area contributed by atoms with Crippen LogP contribution in [0.3, 0.4) is 0 Å². The zero-order valence-corrected chi connectivity index (χ0v) is 13.6. The number of carbonyl (C=O) groups is 2. The summed E-state index contributed by atoms with van der Waals surface area (Å²) in [5.74, 6) is -0.821. The Bertz CT molecular complexity index is 483. The van der Waals surface area contributed by atoms with Crippen molar-refractivity contribution in [2.75, 3.05) is 5.32 Å². The number of nitrogens with one attached hydrogen (secondary N) is 2. The summed E-state index contributed by atoms with van der Waals surface area (Å²) in [5.41, 5.74) is 1.89. The number of carbonyl (C=O) groups excluding carboxylic acids is 1. The Morgan fingerprint density at radius 3 is 2.32 bits per heavy atom. The average Bonchev–Trinajstić information content (AvgIpc) is 2.45. The highest BCUT2D eigenvalue weighted by molar-refractivity contribution is 5.92. The molecule has 2 amide bonds.